The first-order valence-corrected chi connectivity index (χ1v) is 7.85. The Bertz CT molecular complexity index is 670. The molecular formula is C17H18ClN3O2. The molecule has 0 aromatic heterocycles. The predicted molar refractivity (Wildman–Crippen MR) is 90.5 cm³/mol. The Hall–Kier alpha value is -2.08. The molecule has 2 aromatic carbocycles. The molecular weight excluding hydrogens is 314 g/mol. The van der Waals surface area contributed by atoms with Gasteiger partial charge in [0.15, 0.2) is 6.61 Å². The molecule has 1 fully saturated rings. The highest BCUT2D eigenvalue weighted by molar-refractivity contribution is 6.30. The van der Waals surface area contributed by atoms with Crippen LogP contribution < -0.4 is 20.9 Å². The van der Waals surface area contributed by atoms with E-state index in [9.17, 15) is 4.79 Å². The highest BCUT2D eigenvalue weighted by Crippen LogP contribution is 2.22. The van der Waals surface area contributed by atoms with E-state index in [-0.39, 0.29) is 18.6 Å². The standard InChI is InChI=1S/C17H18ClN3O2/c18-13-4-6-15(7-5-13)23-11-17(22)20-14-3-1-2-12(10-14)16-8-9-19-21-16/h1-7,10,16,19,21H,8-9,11H2,(H,20,22). The van der Waals surface area contributed by atoms with E-state index in [0.717, 1.165) is 24.2 Å². The van der Waals surface area contributed by atoms with Gasteiger partial charge in [-0.3, -0.25) is 15.6 Å². The first-order chi connectivity index (χ1) is 11.2. The van der Waals surface area contributed by atoms with Gasteiger partial charge in [-0.2, -0.15) is 0 Å². The van der Waals surface area contributed by atoms with Gasteiger partial charge < -0.3 is 10.1 Å². The Kier molecular flexibility index (Phi) is 5.12. The van der Waals surface area contributed by atoms with Crippen LogP contribution in [0.5, 0.6) is 5.75 Å². The lowest BCUT2D eigenvalue weighted by molar-refractivity contribution is -0.118. The molecule has 6 heteroatoms. The molecule has 1 heterocycles. The summed E-state index contributed by atoms with van der Waals surface area (Å²) in [7, 11) is 0. The molecule has 120 valence electrons. The van der Waals surface area contributed by atoms with Crippen molar-refractivity contribution in [2.24, 2.45) is 0 Å². The fraction of sp³-hybridized carbons (Fsp3) is 0.235. The maximum absolute atomic E-state index is 12.0. The zero-order valence-corrected chi connectivity index (χ0v) is 13.3. The first kappa shape index (κ1) is 15.8. The molecule has 1 atom stereocenters. The Morgan fingerprint density at radius 2 is 2.09 bits per heavy atom. The molecule has 0 aliphatic carbocycles. The van der Waals surface area contributed by atoms with Gasteiger partial charge >= 0.3 is 0 Å². The number of carbonyl (C=O) groups is 1. The van der Waals surface area contributed by atoms with Crippen LogP contribution in [0.3, 0.4) is 0 Å². The van der Waals surface area contributed by atoms with Gasteiger partial charge in [0.25, 0.3) is 5.91 Å². The zero-order valence-electron chi connectivity index (χ0n) is 12.5. The largest absolute Gasteiger partial charge is 0.484 e. The van der Waals surface area contributed by atoms with E-state index < -0.39 is 0 Å². The number of nitrogens with one attached hydrogen (secondary N) is 3. The Labute approximate surface area is 140 Å². The summed E-state index contributed by atoms with van der Waals surface area (Å²) >= 11 is 5.81. The number of halogens is 1. The maximum Gasteiger partial charge on any atom is 0.262 e. The topological polar surface area (TPSA) is 62.4 Å². The third-order valence-corrected chi connectivity index (χ3v) is 3.84. The molecule has 0 bridgehead atoms. The number of amides is 1. The van der Waals surface area contributed by atoms with Crippen LogP contribution in [0.25, 0.3) is 0 Å². The van der Waals surface area contributed by atoms with Crippen LogP contribution in [0, 0.1) is 0 Å². The van der Waals surface area contributed by atoms with Crippen molar-refractivity contribution in [1.29, 1.82) is 0 Å². The molecule has 23 heavy (non-hydrogen) atoms. The average molecular weight is 332 g/mol. The van der Waals surface area contributed by atoms with E-state index in [1.807, 2.05) is 24.3 Å². The minimum atomic E-state index is -0.199. The lowest BCUT2D eigenvalue weighted by atomic mass is 10.1. The average Bonchev–Trinajstić information content (AvgIpc) is 3.09. The number of hydrogen-bond acceptors (Lipinski definition) is 4. The lowest BCUT2D eigenvalue weighted by Crippen LogP contribution is -2.24. The molecule has 1 aliphatic heterocycles. The summed E-state index contributed by atoms with van der Waals surface area (Å²) in [6.07, 6.45) is 1.02. The van der Waals surface area contributed by atoms with Crippen LogP contribution in [-0.2, 0) is 4.79 Å². The Morgan fingerprint density at radius 3 is 2.83 bits per heavy atom. The third-order valence-electron chi connectivity index (χ3n) is 3.59. The summed E-state index contributed by atoms with van der Waals surface area (Å²) in [6, 6.07) is 15.0. The van der Waals surface area contributed by atoms with E-state index in [0.29, 0.717) is 10.8 Å². The smallest absolute Gasteiger partial charge is 0.262 e. The van der Waals surface area contributed by atoms with E-state index >= 15 is 0 Å². The van der Waals surface area contributed by atoms with Crippen LogP contribution in [0.15, 0.2) is 48.5 Å². The highest BCUT2D eigenvalue weighted by Gasteiger charge is 2.16. The van der Waals surface area contributed by atoms with Gasteiger partial charge in [-0.1, -0.05) is 23.7 Å². The van der Waals surface area contributed by atoms with Gasteiger partial charge in [0.05, 0.1) is 0 Å². The van der Waals surface area contributed by atoms with Gasteiger partial charge in [-0.05, 0) is 48.4 Å². The SMILES string of the molecule is O=C(COc1ccc(Cl)cc1)Nc1cccc(C2CCNN2)c1. The summed E-state index contributed by atoms with van der Waals surface area (Å²) in [4.78, 5) is 12.0. The molecule has 1 amide bonds. The van der Waals surface area contributed by atoms with Crippen LogP contribution in [-0.4, -0.2) is 19.1 Å². The number of rotatable bonds is 5. The van der Waals surface area contributed by atoms with Crippen molar-refractivity contribution in [2.45, 2.75) is 12.5 Å². The lowest BCUT2D eigenvalue weighted by Gasteiger charge is -2.12. The van der Waals surface area contributed by atoms with Crippen LogP contribution in [0.1, 0.15) is 18.0 Å². The van der Waals surface area contributed by atoms with Crippen molar-refractivity contribution in [3.63, 3.8) is 0 Å². The summed E-state index contributed by atoms with van der Waals surface area (Å²) in [5.74, 6) is 0.411. The molecule has 0 radical (unpaired) electrons. The number of ether oxygens (including phenoxy) is 1. The number of hydrazine groups is 1. The normalized spacial score (nSPS) is 17.0. The predicted octanol–water partition coefficient (Wildman–Crippen LogP) is 2.90. The molecule has 5 nitrogen and oxygen atoms in total. The Balaban J connectivity index is 1.55. The van der Waals surface area contributed by atoms with Gasteiger partial charge in [-0.25, -0.2) is 0 Å². The van der Waals surface area contributed by atoms with Crippen molar-refractivity contribution < 1.29 is 9.53 Å². The van der Waals surface area contributed by atoms with Crippen molar-refractivity contribution in [2.75, 3.05) is 18.5 Å². The molecule has 0 spiro atoms. The van der Waals surface area contributed by atoms with Crippen LogP contribution in [0.2, 0.25) is 5.02 Å². The Morgan fingerprint density at radius 1 is 1.26 bits per heavy atom. The molecule has 1 unspecified atom stereocenters. The fourth-order valence-corrected chi connectivity index (χ4v) is 2.57. The van der Waals surface area contributed by atoms with E-state index in [2.05, 4.69) is 16.2 Å². The van der Waals surface area contributed by atoms with Crippen molar-refractivity contribution in [3.8, 4) is 5.75 Å². The van der Waals surface area contributed by atoms with Crippen LogP contribution >= 0.6 is 11.6 Å². The second-order valence-electron chi connectivity index (χ2n) is 5.33. The third kappa shape index (κ3) is 4.45. The van der Waals surface area contributed by atoms with Crippen LogP contribution in [0.4, 0.5) is 5.69 Å². The minimum Gasteiger partial charge on any atom is -0.484 e. The van der Waals surface area contributed by atoms with Crippen molar-refractivity contribution in [1.82, 2.24) is 10.9 Å². The monoisotopic (exact) mass is 331 g/mol. The first-order valence-electron chi connectivity index (χ1n) is 7.47. The van der Waals surface area contributed by atoms with Gasteiger partial charge in [-0.15, -0.1) is 0 Å². The number of anilines is 1. The molecule has 3 rings (SSSR count). The van der Waals surface area contributed by atoms with Gasteiger partial charge in [0.2, 0.25) is 0 Å². The highest BCUT2D eigenvalue weighted by atomic mass is 35.5. The van der Waals surface area contributed by atoms with E-state index in [1.54, 1.807) is 24.3 Å². The second kappa shape index (κ2) is 7.46. The molecule has 3 N–H and O–H groups in total. The summed E-state index contributed by atoms with van der Waals surface area (Å²) < 4.78 is 5.43. The number of benzene rings is 2. The van der Waals surface area contributed by atoms with E-state index in [4.69, 9.17) is 16.3 Å². The zero-order chi connectivity index (χ0) is 16.1. The summed E-state index contributed by atoms with van der Waals surface area (Å²) in [6.45, 7) is 0.894. The van der Waals surface area contributed by atoms with E-state index in [1.165, 1.54) is 0 Å². The van der Waals surface area contributed by atoms with Crippen molar-refractivity contribution >= 4 is 23.2 Å². The number of carbonyl (C=O) groups excluding carboxylic acids is 1. The summed E-state index contributed by atoms with van der Waals surface area (Å²) in [5, 5.41) is 3.48. The molecule has 0 saturated carbocycles. The maximum atomic E-state index is 12.0. The fourth-order valence-electron chi connectivity index (χ4n) is 2.44. The van der Waals surface area contributed by atoms with Gasteiger partial charge in [0, 0.05) is 23.3 Å². The minimum absolute atomic E-state index is 0.0465. The molecule has 1 saturated heterocycles. The second-order valence-corrected chi connectivity index (χ2v) is 5.77. The molecule has 2 aromatic rings. The summed E-state index contributed by atoms with van der Waals surface area (Å²) in [5.41, 5.74) is 8.22. The van der Waals surface area contributed by atoms with Gasteiger partial charge in [0.1, 0.15) is 5.75 Å². The quantitative estimate of drug-likeness (QED) is 0.788. The van der Waals surface area contributed by atoms with Crippen molar-refractivity contribution in [3.05, 3.63) is 59.1 Å². The number of hydrogen-bond donors (Lipinski definition) is 3. The molecule has 1 aliphatic rings.